The van der Waals surface area contributed by atoms with E-state index in [-0.39, 0.29) is 11.9 Å². The van der Waals surface area contributed by atoms with E-state index in [0.29, 0.717) is 16.6 Å². The summed E-state index contributed by atoms with van der Waals surface area (Å²) < 4.78 is 0. The lowest BCUT2D eigenvalue weighted by Gasteiger charge is -2.33. The molecule has 9 nitrogen and oxygen atoms in total. The van der Waals surface area contributed by atoms with E-state index in [1.807, 2.05) is 24.3 Å². The summed E-state index contributed by atoms with van der Waals surface area (Å²) in [7, 11) is 0. The van der Waals surface area contributed by atoms with Gasteiger partial charge in [0.2, 0.25) is 0 Å². The van der Waals surface area contributed by atoms with Gasteiger partial charge in [0.15, 0.2) is 0 Å². The molecule has 0 saturated carbocycles. The number of aromatic nitrogens is 4. The number of nitrogens with one attached hydrogen (secondary N) is 4. The minimum atomic E-state index is -0.0369. The van der Waals surface area contributed by atoms with E-state index in [2.05, 4.69) is 65.3 Å². The van der Waals surface area contributed by atoms with E-state index in [4.69, 9.17) is 0 Å². The number of carbonyl (C=O) groups excluding carboxylic acids is 1. The Hall–Kier alpha value is -4.02. The van der Waals surface area contributed by atoms with Crippen LogP contribution >= 0.6 is 11.3 Å². The van der Waals surface area contributed by atoms with E-state index < -0.39 is 0 Å². The fourth-order valence-electron chi connectivity index (χ4n) is 5.57. The lowest BCUT2D eigenvalue weighted by atomic mass is 9.98. The van der Waals surface area contributed by atoms with Crippen LogP contribution in [0.3, 0.4) is 0 Å². The monoisotopic (exact) mass is 524 g/mol. The maximum absolute atomic E-state index is 13.2. The van der Waals surface area contributed by atoms with Crippen LogP contribution in [0.2, 0.25) is 0 Å². The second kappa shape index (κ2) is 9.70. The standard InChI is InChI=1S/C28H28N8OS/c37-27(34-19-7-9-36(10-8-19)15-18-13-29-23-4-2-1-3-21(18)23)25-12-22-26(30-16-31-28(22)38-25)33-20-6-5-17-14-32-35-24(17)11-20/h1-6,11-12,14,16,18-19,29H,7-10,13,15H2,(H,32,35)(H,34,37)(H,30,31,33). The zero-order chi connectivity index (χ0) is 25.5. The molecule has 1 unspecified atom stereocenters. The van der Waals surface area contributed by atoms with E-state index in [9.17, 15) is 4.79 Å². The Kier molecular flexibility index (Phi) is 5.90. The Balaban J connectivity index is 0.984. The first kappa shape index (κ1) is 23.1. The fraction of sp³-hybridized carbons (Fsp3) is 0.286. The van der Waals surface area contributed by atoms with Crippen LogP contribution < -0.4 is 16.0 Å². The van der Waals surface area contributed by atoms with Crippen molar-refractivity contribution in [3.63, 3.8) is 0 Å². The average molecular weight is 525 g/mol. The number of nitrogens with zero attached hydrogens (tertiary/aromatic N) is 4. The molecule has 0 aliphatic carbocycles. The SMILES string of the molecule is O=C(NC1CCN(CC2CNc3ccccc32)CC1)c1cc2c(Nc3ccc4cn[nH]c4c3)ncnc2s1. The van der Waals surface area contributed by atoms with Crippen LogP contribution in [0, 0.1) is 0 Å². The predicted molar refractivity (Wildman–Crippen MR) is 151 cm³/mol. The Morgan fingerprint density at radius 2 is 2.00 bits per heavy atom. The highest BCUT2D eigenvalue weighted by atomic mass is 32.1. The summed E-state index contributed by atoms with van der Waals surface area (Å²) in [6, 6.07) is 16.7. The van der Waals surface area contributed by atoms with Gasteiger partial charge in [-0.25, -0.2) is 9.97 Å². The van der Waals surface area contributed by atoms with Gasteiger partial charge < -0.3 is 20.9 Å². The molecule has 0 radical (unpaired) electrons. The molecule has 2 aromatic carbocycles. The zero-order valence-corrected chi connectivity index (χ0v) is 21.6. The van der Waals surface area contributed by atoms with Gasteiger partial charge in [0.1, 0.15) is 17.0 Å². The van der Waals surface area contributed by atoms with Crippen molar-refractivity contribution in [1.82, 2.24) is 30.4 Å². The molecule has 1 atom stereocenters. The normalized spacial score (nSPS) is 17.9. The maximum atomic E-state index is 13.2. The molecule has 1 fully saturated rings. The summed E-state index contributed by atoms with van der Waals surface area (Å²) in [5.41, 5.74) is 4.53. The molecule has 5 aromatic rings. The number of hydrogen-bond acceptors (Lipinski definition) is 8. The number of amides is 1. The van der Waals surface area contributed by atoms with Crippen molar-refractivity contribution in [1.29, 1.82) is 0 Å². The van der Waals surface area contributed by atoms with Crippen molar-refractivity contribution in [2.45, 2.75) is 24.8 Å². The van der Waals surface area contributed by atoms with E-state index in [1.165, 1.54) is 28.9 Å². The van der Waals surface area contributed by atoms with Crippen molar-refractivity contribution in [3.05, 3.63) is 71.5 Å². The number of aromatic amines is 1. The number of para-hydroxylation sites is 1. The number of hydrogen-bond donors (Lipinski definition) is 4. The molecule has 0 bridgehead atoms. The second-order valence-electron chi connectivity index (χ2n) is 10.1. The van der Waals surface area contributed by atoms with Crippen LogP contribution in [0.25, 0.3) is 21.1 Å². The number of anilines is 3. The third kappa shape index (κ3) is 4.46. The number of rotatable bonds is 6. The number of benzene rings is 2. The third-order valence-electron chi connectivity index (χ3n) is 7.60. The van der Waals surface area contributed by atoms with E-state index >= 15 is 0 Å². The van der Waals surface area contributed by atoms with Crippen molar-refractivity contribution in [3.8, 4) is 0 Å². The summed E-state index contributed by atoms with van der Waals surface area (Å²) >= 11 is 1.40. The lowest BCUT2D eigenvalue weighted by Crippen LogP contribution is -2.45. The molecule has 38 heavy (non-hydrogen) atoms. The van der Waals surface area contributed by atoms with E-state index in [0.717, 1.165) is 65.8 Å². The highest BCUT2D eigenvalue weighted by Crippen LogP contribution is 2.33. The molecule has 5 heterocycles. The summed E-state index contributed by atoms with van der Waals surface area (Å²) in [6.07, 6.45) is 5.25. The number of thiophene rings is 1. The quantitative estimate of drug-likeness (QED) is 0.254. The van der Waals surface area contributed by atoms with Crippen molar-refractivity contribution < 1.29 is 4.79 Å². The average Bonchev–Trinajstić information content (AvgIpc) is 3.68. The Morgan fingerprint density at radius 1 is 1.11 bits per heavy atom. The summed E-state index contributed by atoms with van der Waals surface area (Å²) in [6.45, 7) is 4.05. The van der Waals surface area contributed by atoms with Gasteiger partial charge in [0.05, 0.1) is 22.0 Å². The first-order valence-electron chi connectivity index (χ1n) is 13.0. The van der Waals surface area contributed by atoms with Gasteiger partial charge >= 0.3 is 0 Å². The van der Waals surface area contributed by atoms with Gasteiger partial charge in [-0.1, -0.05) is 18.2 Å². The highest BCUT2D eigenvalue weighted by Gasteiger charge is 2.27. The second-order valence-corrected chi connectivity index (χ2v) is 11.1. The smallest absolute Gasteiger partial charge is 0.261 e. The van der Waals surface area contributed by atoms with Gasteiger partial charge in [-0.3, -0.25) is 9.89 Å². The molecule has 192 valence electrons. The van der Waals surface area contributed by atoms with E-state index in [1.54, 1.807) is 6.20 Å². The molecule has 1 saturated heterocycles. The molecule has 2 aliphatic heterocycles. The molecule has 2 aliphatic rings. The van der Waals surface area contributed by atoms with Gasteiger partial charge in [-0.15, -0.1) is 11.3 Å². The molecular formula is C28H28N8OS. The summed E-state index contributed by atoms with van der Waals surface area (Å²) in [5.74, 6) is 1.17. The Bertz CT molecular complexity index is 1620. The molecule has 3 aromatic heterocycles. The molecule has 4 N–H and O–H groups in total. The molecule has 1 amide bonds. The van der Waals surface area contributed by atoms with Crippen molar-refractivity contribution >= 4 is 55.6 Å². The Labute approximate surface area is 223 Å². The summed E-state index contributed by atoms with van der Waals surface area (Å²) in [5, 5.41) is 19.1. The predicted octanol–water partition coefficient (Wildman–Crippen LogP) is 4.71. The number of likely N-dealkylation sites (tertiary alicyclic amines) is 1. The number of fused-ring (bicyclic) bond motifs is 3. The van der Waals surface area contributed by atoms with Crippen molar-refractivity contribution in [2.24, 2.45) is 0 Å². The molecule has 0 spiro atoms. The highest BCUT2D eigenvalue weighted by molar-refractivity contribution is 7.20. The first-order chi connectivity index (χ1) is 18.7. The number of carbonyl (C=O) groups is 1. The zero-order valence-electron chi connectivity index (χ0n) is 20.8. The largest absolute Gasteiger partial charge is 0.384 e. The molecule has 10 heteroatoms. The number of H-pyrrole nitrogens is 1. The molecular weight excluding hydrogens is 496 g/mol. The van der Waals surface area contributed by atoms with Crippen LogP contribution in [0.1, 0.15) is 34.0 Å². The minimum Gasteiger partial charge on any atom is -0.384 e. The van der Waals surface area contributed by atoms with Crippen LogP contribution in [-0.4, -0.2) is 63.2 Å². The van der Waals surface area contributed by atoms with Gasteiger partial charge in [-0.2, -0.15) is 5.10 Å². The van der Waals surface area contributed by atoms with Crippen molar-refractivity contribution in [2.75, 3.05) is 36.8 Å². The number of piperidine rings is 1. The first-order valence-corrected chi connectivity index (χ1v) is 13.8. The van der Waals surface area contributed by atoms with Crippen LogP contribution in [-0.2, 0) is 0 Å². The third-order valence-corrected chi connectivity index (χ3v) is 8.64. The van der Waals surface area contributed by atoms with Crippen LogP contribution in [0.5, 0.6) is 0 Å². The minimum absolute atomic E-state index is 0.0369. The fourth-order valence-corrected chi connectivity index (χ4v) is 6.47. The lowest BCUT2D eigenvalue weighted by molar-refractivity contribution is 0.0914. The Morgan fingerprint density at radius 3 is 2.92 bits per heavy atom. The van der Waals surface area contributed by atoms with Gasteiger partial charge in [0, 0.05) is 54.9 Å². The van der Waals surface area contributed by atoms with Gasteiger partial charge in [0.25, 0.3) is 5.91 Å². The maximum Gasteiger partial charge on any atom is 0.261 e. The summed E-state index contributed by atoms with van der Waals surface area (Å²) in [4.78, 5) is 26.0. The van der Waals surface area contributed by atoms with Crippen LogP contribution in [0.15, 0.2) is 61.1 Å². The van der Waals surface area contributed by atoms with Gasteiger partial charge in [-0.05, 0) is 48.7 Å². The molecule has 7 rings (SSSR count). The topological polar surface area (TPSA) is 111 Å². The van der Waals surface area contributed by atoms with Crippen LogP contribution in [0.4, 0.5) is 17.2 Å².